The topological polar surface area (TPSA) is 76.1 Å². The van der Waals surface area contributed by atoms with Gasteiger partial charge in [0.05, 0.1) is 29.3 Å². The van der Waals surface area contributed by atoms with Crippen molar-refractivity contribution in [3.63, 3.8) is 0 Å². The molecule has 0 aromatic heterocycles. The lowest BCUT2D eigenvalue weighted by Crippen LogP contribution is -2.39. The van der Waals surface area contributed by atoms with E-state index in [-0.39, 0.29) is 40.1 Å². The van der Waals surface area contributed by atoms with Gasteiger partial charge in [-0.2, -0.15) is 0 Å². The van der Waals surface area contributed by atoms with Crippen molar-refractivity contribution in [1.29, 1.82) is 0 Å². The van der Waals surface area contributed by atoms with E-state index < -0.39 is 11.9 Å². The summed E-state index contributed by atoms with van der Waals surface area (Å²) in [6.45, 7) is 0.499. The summed E-state index contributed by atoms with van der Waals surface area (Å²) in [7, 11) is 1.26. The molecule has 2 aromatic carbocycles. The number of ether oxygens (including phenoxy) is 2. The standard InChI is InChI=1S/C17H13Cl2NO5/c1-24-17(23)10-3-2-4-13-14(10)20(5-6-25-13)16(22)9-7-11(18)15(21)12(19)8-9/h2-4,7-8,21H,5-6H2,1H3. The molecule has 0 fully saturated rings. The van der Waals surface area contributed by atoms with Crippen molar-refractivity contribution in [3.05, 3.63) is 51.5 Å². The van der Waals surface area contributed by atoms with Gasteiger partial charge in [-0.1, -0.05) is 29.3 Å². The summed E-state index contributed by atoms with van der Waals surface area (Å²) >= 11 is 11.8. The number of amides is 1. The van der Waals surface area contributed by atoms with E-state index in [0.717, 1.165) is 0 Å². The molecule has 25 heavy (non-hydrogen) atoms. The van der Waals surface area contributed by atoms with E-state index in [9.17, 15) is 14.7 Å². The van der Waals surface area contributed by atoms with Crippen LogP contribution in [0.4, 0.5) is 5.69 Å². The summed E-state index contributed by atoms with van der Waals surface area (Å²) in [6, 6.07) is 7.50. The zero-order valence-corrected chi connectivity index (χ0v) is 14.6. The third kappa shape index (κ3) is 3.10. The van der Waals surface area contributed by atoms with E-state index >= 15 is 0 Å². The highest BCUT2D eigenvalue weighted by Gasteiger charge is 2.30. The second-order valence-corrected chi connectivity index (χ2v) is 6.05. The van der Waals surface area contributed by atoms with Crippen molar-refractivity contribution in [2.75, 3.05) is 25.2 Å². The van der Waals surface area contributed by atoms with Crippen molar-refractivity contribution in [2.45, 2.75) is 0 Å². The molecule has 0 aliphatic carbocycles. The second-order valence-electron chi connectivity index (χ2n) is 5.24. The quantitative estimate of drug-likeness (QED) is 0.805. The zero-order valence-electron chi connectivity index (χ0n) is 13.1. The third-order valence-corrected chi connectivity index (χ3v) is 4.33. The van der Waals surface area contributed by atoms with Crippen molar-refractivity contribution >= 4 is 40.8 Å². The molecule has 1 N–H and O–H groups in total. The summed E-state index contributed by atoms with van der Waals surface area (Å²) in [4.78, 5) is 26.4. The van der Waals surface area contributed by atoms with Gasteiger partial charge in [-0.15, -0.1) is 0 Å². The van der Waals surface area contributed by atoms with Gasteiger partial charge >= 0.3 is 5.97 Å². The van der Waals surface area contributed by atoms with Crippen molar-refractivity contribution in [3.8, 4) is 11.5 Å². The van der Waals surface area contributed by atoms with E-state index in [1.54, 1.807) is 18.2 Å². The van der Waals surface area contributed by atoms with E-state index in [1.165, 1.54) is 24.1 Å². The lowest BCUT2D eigenvalue weighted by atomic mass is 10.1. The van der Waals surface area contributed by atoms with Crippen LogP contribution < -0.4 is 9.64 Å². The van der Waals surface area contributed by atoms with E-state index in [0.29, 0.717) is 11.4 Å². The molecule has 3 rings (SSSR count). The number of phenolic OH excluding ortho intramolecular Hbond substituents is 1. The molecule has 2 aromatic rings. The Morgan fingerprint density at radius 1 is 1.24 bits per heavy atom. The first-order chi connectivity index (χ1) is 11.9. The number of methoxy groups -OCH3 is 1. The minimum Gasteiger partial charge on any atom is -0.505 e. The molecular formula is C17H13Cl2NO5. The van der Waals surface area contributed by atoms with Crippen LogP contribution in [-0.4, -0.2) is 37.2 Å². The van der Waals surface area contributed by atoms with Gasteiger partial charge in [-0.05, 0) is 24.3 Å². The first-order valence-corrected chi connectivity index (χ1v) is 8.03. The molecule has 1 heterocycles. The van der Waals surface area contributed by atoms with Crippen LogP contribution in [0.25, 0.3) is 0 Å². The number of benzene rings is 2. The van der Waals surface area contributed by atoms with Gasteiger partial charge in [0.25, 0.3) is 5.91 Å². The maximum Gasteiger partial charge on any atom is 0.340 e. The molecule has 6 nitrogen and oxygen atoms in total. The number of fused-ring (bicyclic) bond motifs is 1. The van der Waals surface area contributed by atoms with E-state index in [2.05, 4.69) is 0 Å². The fourth-order valence-corrected chi connectivity index (χ4v) is 3.09. The summed E-state index contributed by atoms with van der Waals surface area (Å²) in [5.74, 6) is -0.900. The summed E-state index contributed by atoms with van der Waals surface area (Å²) < 4.78 is 10.3. The molecule has 0 bridgehead atoms. The fourth-order valence-electron chi connectivity index (χ4n) is 2.60. The fraction of sp³-hybridized carbons (Fsp3) is 0.176. The minimum atomic E-state index is -0.582. The van der Waals surface area contributed by atoms with Gasteiger partial charge in [-0.3, -0.25) is 4.79 Å². The Hall–Kier alpha value is -2.44. The molecule has 0 atom stereocenters. The number of rotatable bonds is 2. The van der Waals surface area contributed by atoms with Gasteiger partial charge in [0, 0.05) is 5.56 Å². The first kappa shape index (κ1) is 17.4. The molecule has 0 spiro atoms. The average molecular weight is 382 g/mol. The molecular weight excluding hydrogens is 369 g/mol. The maximum absolute atomic E-state index is 13.0. The second kappa shape index (κ2) is 6.82. The van der Waals surface area contributed by atoms with Gasteiger partial charge in [0.1, 0.15) is 18.0 Å². The Labute approximate surface area is 153 Å². The number of aromatic hydroxyl groups is 1. The van der Waals surface area contributed by atoms with Crippen LogP contribution in [-0.2, 0) is 4.74 Å². The molecule has 0 unspecified atom stereocenters. The Morgan fingerprint density at radius 3 is 2.56 bits per heavy atom. The highest BCUT2D eigenvalue weighted by molar-refractivity contribution is 6.37. The number of para-hydroxylation sites is 1. The predicted molar refractivity (Wildman–Crippen MR) is 93.1 cm³/mol. The van der Waals surface area contributed by atoms with Crippen LogP contribution in [0.3, 0.4) is 0 Å². The maximum atomic E-state index is 13.0. The third-order valence-electron chi connectivity index (χ3n) is 3.76. The molecule has 130 valence electrons. The number of carbonyl (C=O) groups is 2. The van der Waals surface area contributed by atoms with Crippen LogP contribution in [0.2, 0.25) is 10.0 Å². The normalized spacial score (nSPS) is 13.0. The molecule has 0 saturated carbocycles. The summed E-state index contributed by atoms with van der Waals surface area (Å²) in [5, 5.41) is 9.59. The SMILES string of the molecule is COC(=O)c1cccc2c1N(C(=O)c1cc(Cl)c(O)c(Cl)c1)CCO2. The Bertz CT molecular complexity index is 845. The van der Waals surface area contributed by atoms with Gasteiger partial charge in [0.2, 0.25) is 0 Å². The number of esters is 1. The Balaban J connectivity index is 2.09. The smallest absolute Gasteiger partial charge is 0.340 e. The minimum absolute atomic E-state index is 0.0365. The summed E-state index contributed by atoms with van der Waals surface area (Å²) in [6.07, 6.45) is 0. The van der Waals surface area contributed by atoms with Crippen molar-refractivity contribution in [2.24, 2.45) is 0 Å². The number of nitrogens with zero attached hydrogens (tertiary/aromatic N) is 1. The van der Waals surface area contributed by atoms with Crippen molar-refractivity contribution < 1.29 is 24.2 Å². The molecule has 1 aliphatic rings. The average Bonchev–Trinajstić information content (AvgIpc) is 2.63. The monoisotopic (exact) mass is 381 g/mol. The van der Waals surface area contributed by atoms with Crippen LogP contribution in [0, 0.1) is 0 Å². The number of phenols is 1. The molecule has 8 heteroatoms. The lowest BCUT2D eigenvalue weighted by molar-refractivity contribution is 0.0600. The predicted octanol–water partition coefficient (Wildman–Crippen LogP) is 3.52. The first-order valence-electron chi connectivity index (χ1n) is 7.28. The molecule has 0 radical (unpaired) electrons. The largest absolute Gasteiger partial charge is 0.505 e. The Kier molecular flexibility index (Phi) is 4.74. The van der Waals surface area contributed by atoms with Crippen LogP contribution >= 0.6 is 23.2 Å². The number of halogens is 2. The van der Waals surface area contributed by atoms with Crippen molar-refractivity contribution in [1.82, 2.24) is 0 Å². The molecule has 1 aliphatic heterocycles. The van der Waals surface area contributed by atoms with Gasteiger partial charge in [0.15, 0.2) is 5.75 Å². The number of carbonyl (C=O) groups excluding carboxylic acids is 2. The van der Waals surface area contributed by atoms with E-state index in [1.807, 2.05) is 0 Å². The van der Waals surface area contributed by atoms with E-state index in [4.69, 9.17) is 32.7 Å². The van der Waals surface area contributed by atoms with Gasteiger partial charge in [-0.25, -0.2) is 4.79 Å². The van der Waals surface area contributed by atoms with Crippen LogP contribution in [0.1, 0.15) is 20.7 Å². The van der Waals surface area contributed by atoms with Crippen LogP contribution in [0.15, 0.2) is 30.3 Å². The highest BCUT2D eigenvalue weighted by Crippen LogP contribution is 2.38. The lowest BCUT2D eigenvalue weighted by Gasteiger charge is -2.31. The number of hydrogen-bond acceptors (Lipinski definition) is 5. The van der Waals surface area contributed by atoms with Gasteiger partial charge < -0.3 is 19.5 Å². The zero-order chi connectivity index (χ0) is 18.1. The molecule has 1 amide bonds. The highest BCUT2D eigenvalue weighted by atomic mass is 35.5. The number of anilines is 1. The summed E-state index contributed by atoms with van der Waals surface area (Å²) in [5.41, 5.74) is 0.718. The Morgan fingerprint density at radius 2 is 1.92 bits per heavy atom. The number of hydrogen-bond donors (Lipinski definition) is 1. The van der Waals surface area contributed by atoms with Crippen LogP contribution in [0.5, 0.6) is 11.5 Å². The molecule has 0 saturated heterocycles.